The zero-order chi connectivity index (χ0) is 35.7. The third-order valence-electron chi connectivity index (χ3n) is 8.11. The number of hydrogen-bond donors (Lipinski definition) is 1. The number of sulfonamides is 1. The van der Waals surface area contributed by atoms with Crippen molar-refractivity contribution in [2.24, 2.45) is 5.92 Å². The number of nitrogens with zero attached hydrogens (tertiary/aromatic N) is 2. The Bertz CT molecular complexity index is 1840. The average Bonchev–Trinajstić information content (AvgIpc) is 3.07. The third-order valence-corrected chi connectivity index (χ3v) is 9.88. The fourth-order valence-electron chi connectivity index (χ4n) is 5.71. The molecule has 0 bridgehead atoms. The molecule has 260 valence electrons. The number of anilines is 1. The Morgan fingerprint density at radius 3 is 2.02 bits per heavy atom. The molecule has 4 aromatic rings. The van der Waals surface area contributed by atoms with Crippen LogP contribution in [0, 0.1) is 26.7 Å². The second kappa shape index (κ2) is 16.5. The van der Waals surface area contributed by atoms with E-state index in [1.807, 2.05) is 95.3 Å². The Hall–Kier alpha value is -4.83. The van der Waals surface area contributed by atoms with E-state index in [4.69, 9.17) is 9.47 Å². The van der Waals surface area contributed by atoms with Crippen LogP contribution in [0.4, 0.5) is 5.69 Å². The standard InChI is InChI=1S/C39H47N3O6S/c1-27(2)24-40-39(44)35(22-31-13-9-8-10-14-31)41(25-32-15-11-12-28(3)19-32)38(43)26-42(33-20-29(4)18-30(5)21-33)49(45,46)34-16-17-36(47-6)37(23-34)48-7/h8-21,23,27,35H,22,24-26H2,1-7H3,(H,40,44)/t35-/m1/s1. The maximum atomic E-state index is 14.8. The van der Waals surface area contributed by atoms with Crippen molar-refractivity contribution in [1.29, 1.82) is 0 Å². The molecule has 0 heterocycles. The van der Waals surface area contributed by atoms with E-state index >= 15 is 0 Å². The van der Waals surface area contributed by atoms with Crippen molar-refractivity contribution < 1.29 is 27.5 Å². The van der Waals surface area contributed by atoms with Crippen molar-refractivity contribution in [3.63, 3.8) is 0 Å². The molecule has 0 fully saturated rings. The van der Waals surface area contributed by atoms with Crippen molar-refractivity contribution in [2.75, 3.05) is 31.6 Å². The normalized spacial score (nSPS) is 11.9. The highest BCUT2D eigenvalue weighted by Gasteiger charge is 2.35. The fraction of sp³-hybridized carbons (Fsp3) is 0.333. The quantitative estimate of drug-likeness (QED) is 0.159. The van der Waals surface area contributed by atoms with Crippen LogP contribution >= 0.6 is 0 Å². The van der Waals surface area contributed by atoms with Gasteiger partial charge in [-0.3, -0.25) is 13.9 Å². The highest BCUT2D eigenvalue weighted by atomic mass is 32.2. The van der Waals surface area contributed by atoms with Crippen LogP contribution < -0.4 is 19.1 Å². The van der Waals surface area contributed by atoms with Gasteiger partial charge < -0.3 is 19.7 Å². The van der Waals surface area contributed by atoms with Gasteiger partial charge in [0, 0.05) is 25.6 Å². The van der Waals surface area contributed by atoms with Gasteiger partial charge in [-0.05, 0) is 73.2 Å². The molecule has 0 saturated carbocycles. The van der Waals surface area contributed by atoms with Gasteiger partial charge in [0.1, 0.15) is 12.6 Å². The summed E-state index contributed by atoms with van der Waals surface area (Å²) in [6.07, 6.45) is 0.244. The van der Waals surface area contributed by atoms with E-state index in [1.54, 1.807) is 12.1 Å². The zero-order valence-electron chi connectivity index (χ0n) is 29.4. The largest absolute Gasteiger partial charge is 0.493 e. The second-order valence-electron chi connectivity index (χ2n) is 12.7. The first kappa shape index (κ1) is 37.0. The molecule has 10 heteroatoms. The van der Waals surface area contributed by atoms with Gasteiger partial charge in [-0.15, -0.1) is 0 Å². The Morgan fingerprint density at radius 2 is 1.41 bits per heavy atom. The summed E-state index contributed by atoms with van der Waals surface area (Å²) < 4.78 is 40.9. The number of carbonyl (C=O) groups is 2. The molecule has 1 N–H and O–H groups in total. The maximum Gasteiger partial charge on any atom is 0.264 e. The smallest absolute Gasteiger partial charge is 0.264 e. The van der Waals surface area contributed by atoms with Crippen molar-refractivity contribution in [2.45, 2.75) is 58.5 Å². The predicted molar refractivity (Wildman–Crippen MR) is 194 cm³/mol. The summed E-state index contributed by atoms with van der Waals surface area (Å²) >= 11 is 0. The molecule has 0 aliphatic carbocycles. The van der Waals surface area contributed by atoms with E-state index in [-0.39, 0.29) is 35.4 Å². The van der Waals surface area contributed by atoms with Gasteiger partial charge in [-0.2, -0.15) is 0 Å². The molecule has 49 heavy (non-hydrogen) atoms. The molecule has 2 amide bonds. The van der Waals surface area contributed by atoms with Crippen LogP contribution in [-0.2, 0) is 32.6 Å². The molecular weight excluding hydrogens is 639 g/mol. The van der Waals surface area contributed by atoms with Gasteiger partial charge >= 0.3 is 0 Å². The van der Waals surface area contributed by atoms with Gasteiger partial charge in [-0.25, -0.2) is 8.42 Å². The van der Waals surface area contributed by atoms with Crippen LogP contribution in [0.25, 0.3) is 0 Å². The molecule has 4 aromatic carbocycles. The van der Waals surface area contributed by atoms with E-state index in [9.17, 15) is 18.0 Å². The molecule has 0 aliphatic heterocycles. The molecule has 0 spiro atoms. The molecule has 0 aliphatic rings. The first-order valence-electron chi connectivity index (χ1n) is 16.3. The van der Waals surface area contributed by atoms with Crippen molar-refractivity contribution >= 4 is 27.5 Å². The number of rotatable bonds is 15. The van der Waals surface area contributed by atoms with E-state index in [0.717, 1.165) is 32.1 Å². The Labute approximate surface area is 290 Å². The van der Waals surface area contributed by atoms with Gasteiger partial charge in [0.05, 0.1) is 24.8 Å². The molecular formula is C39H47N3O6S. The minimum Gasteiger partial charge on any atom is -0.493 e. The topological polar surface area (TPSA) is 105 Å². The minimum atomic E-state index is -4.33. The molecule has 1 atom stereocenters. The van der Waals surface area contributed by atoms with Crippen molar-refractivity contribution in [3.8, 4) is 11.5 Å². The first-order chi connectivity index (χ1) is 23.3. The lowest BCUT2D eigenvalue weighted by Gasteiger charge is -2.34. The number of methoxy groups -OCH3 is 2. The summed E-state index contributed by atoms with van der Waals surface area (Å²) in [6, 6.07) is 26.1. The molecule has 0 radical (unpaired) electrons. The van der Waals surface area contributed by atoms with Crippen LogP contribution in [0.3, 0.4) is 0 Å². The number of hydrogen-bond acceptors (Lipinski definition) is 6. The monoisotopic (exact) mass is 685 g/mol. The summed E-state index contributed by atoms with van der Waals surface area (Å²) in [4.78, 5) is 30.2. The molecule has 0 unspecified atom stereocenters. The van der Waals surface area contributed by atoms with Crippen molar-refractivity contribution in [3.05, 3.63) is 119 Å². The third kappa shape index (κ3) is 9.63. The minimum absolute atomic E-state index is 0.0714. The Balaban J connectivity index is 1.85. The molecule has 9 nitrogen and oxygen atoms in total. The lowest BCUT2D eigenvalue weighted by Crippen LogP contribution is -2.53. The van der Waals surface area contributed by atoms with Crippen LogP contribution in [0.5, 0.6) is 11.5 Å². The van der Waals surface area contributed by atoms with Gasteiger partial charge in [0.2, 0.25) is 11.8 Å². The summed E-state index contributed by atoms with van der Waals surface area (Å²) in [5.41, 5.74) is 4.70. The fourth-order valence-corrected chi connectivity index (χ4v) is 7.13. The van der Waals surface area contributed by atoms with Gasteiger partial charge in [-0.1, -0.05) is 80.1 Å². The van der Waals surface area contributed by atoms with E-state index in [1.165, 1.54) is 37.3 Å². The lowest BCUT2D eigenvalue weighted by atomic mass is 10.0. The molecule has 0 aromatic heterocycles. The molecule has 0 saturated heterocycles. The number of benzene rings is 4. The Morgan fingerprint density at radius 1 is 0.755 bits per heavy atom. The zero-order valence-corrected chi connectivity index (χ0v) is 30.2. The Kier molecular flexibility index (Phi) is 12.5. The number of ether oxygens (including phenoxy) is 2. The van der Waals surface area contributed by atoms with Crippen LogP contribution in [-0.4, -0.2) is 58.5 Å². The second-order valence-corrected chi connectivity index (χ2v) is 14.6. The van der Waals surface area contributed by atoms with E-state index < -0.39 is 28.5 Å². The predicted octanol–water partition coefficient (Wildman–Crippen LogP) is 6.24. The van der Waals surface area contributed by atoms with Gasteiger partial charge in [0.25, 0.3) is 10.0 Å². The average molecular weight is 686 g/mol. The number of carbonyl (C=O) groups excluding carboxylic acids is 2. The number of amides is 2. The summed E-state index contributed by atoms with van der Waals surface area (Å²) in [5.74, 6) is -0.0319. The van der Waals surface area contributed by atoms with Crippen LogP contribution in [0.15, 0.2) is 95.9 Å². The van der Waals surface area contributed by atoms with Gasteiger partial charge in [0.15, 0.2) is 11.5 Å². The van der Waals surface area contributed by atoms with E-state index in [0.29, 0.717) is 18.0 Å². The molecule has 4 rings (SSSR count). The summed E-state index contributed by atoms with van der Waals surface area (Å²) in [5, 5.41) is 3.02. The van der Waals surface area contributed by atoms with Crippen molar-refractivity contribution in [1.82, 2.24) is 10.2 Å². The number of nitrogens with one attached hydrogen (secondary N) is 1. The summed E-state index contributed by atoms with van der Waals surface area (Å²) in [7, 11) is -1.43. The van der Waals surface area contributed by atoms with Crippen LogP contribution in [0.2, 0.25) is 0 Å². The number of aryl methyl sites for hydroxylation is 3. The highest BCUT2D eigenvalue weighted by molar-refractivity contribution is 7.92. The summed E-state index contributed by atoms with van der Waals surface area (Å²) in [6.45, 7) is 9.70. The SMILES string of the molecule is COc1ccc(S(=O)(=O)N(CC(=O)N(Cc2cccc(C)c2)[C@H](Cc2ccccc2)C(=O)NCC(C)C)c2cc(C)cc(C)c2)cc1OC. The lowest BCUT2D eigenvalue weighted by molar-refractivity contribution is -0.140. The van der Waals surface area contributed by atoms with Crippen LogP contribution in [0.1, 0.15) is 41.7 Å². The first-order valence-corrected chi connectivity index (χ1v) is 17.8. The highest BCUT2D eigenvalue weighted by Crippen LogP contribution is 2.33. The maximum absolute atomic E-state index is 14.8. The van der Waals surface area contributed by atoms with E-state index in [2.05, 4.69) is 5.32 Å².